The molecule has 0 spiro atoms. The number of aryl methyl sites for hydroxylation is 1. The molecule has 6 heteroatoms. The predicted molar refractivity (Wildman–Crippen MR) is 71.9 cm³/mol. The Labute approximate surface area is 114 Å². The number of nitrogens with zero attached hydrogens (tertiary/aromatic N) is 1. The molecule has 0 atom stereocenters. The van der Waals surface area contributed by atoms with Gasteiger partial charge in [-0.2, -0.15) is 0 Å². The molecule has 1 aromatic carbocycles. The summed E-state index contributed by atoms with van der Waals surface area (Å²) in [4.78, 5) is 15.8. The second-order valence-corrected chi connectivity index (χ2v) is 4.93. The molecule has 0 bridgehead atoms. The number of methoxy groups -OCH3 is 1. The van der Waals surface area contributed by atoms with Crippen molar-refractivity contribution < 1.29 is 13.9 Å². The number of ether oxygens (including phenoxy) is 1. The van der Waals surface area contributed by atoms with Gasteiger partial charge in [0, 0.05) is 5.38 Å². The van der Waals surface area contributed by atoms with Gasteiger partial charge in [-0.1, -0.05) is 6.07 Å². The van der Waals surface area contributed by atoms with Crippen LogP contribution < -0.4 is 5.32 Å². The van der Waals surface area contributed by atoms with Crippen molar-refractivity contribution in [3.8, 4) is 0 Å². The van der Waals surface area contributed by atoms with Crippen LogP contribution in [0.15, 0.2) is 23.6 Å². The lowest BCUT2D eigenvalue weighted by atomic mass is 10.1. The van der Waals surface area contributed by atoms with E-state index in [0.29, 0.717) is 12.2 Å². The van der Waals surface area contributed by atoms with Crippen molar-refractivity contribution in [3.63, 3.8) is 0 Å². The number of aromatic nitrogens is 1. The number of rotatable bonds is 4. The third-order valence-electron chi connectivity index (χ3n) is 2.53. The van der Waals surface area contributed by atoms with Gasteiger partial charge in [-0.25, -0.2) is 14.2 Å². The van der Waals surface area contributed by atoms with Crippen LogP contribution in [0.4, 0.5) is 10.1 Å². The maximum absolute atomic E-state index is 13.7. The van der Waals surface area contributed by atoms with Crippen LogP contribution >= 0.6 is 11.3 Å². The van der Waals surface area contributed by atoms with Crippen molar-refractivity contribution in [1.82, 2.24) is 4.98 Å². The Morgan fingerprint density at radius 3 is 2.95 bits per heavy atom. The van der Waals surface area contributed by atoms with Crippen LogP contribution in [-0.4, -0.2) is 18.1 Å². The Bertz CT molecular complexity index is 598. The minimum absolute atomic E-state index is 0.0862. The molecule has 0 aliphatic heterocycles. The molecular formula is C13H13FN2O2S. The quantitative estimate of drug-likeness (QED) is 0.875. The standard InChI is InChI=1S/C13H13FN2O2S/c1-8-16-9(7-19-8)6-15-11-5-3-4-10(14)12(11)13(17)18-2/h3-5,7,15H,6H2,1-2H3. The van der Waals surface area contributed by atoms with Gasteiger partial charge in [0.05, 0.1) is 30.0 Å². The molecule has 0 aliphatic carbocycles. The summed E-state index contributed by atoms with van der Waals surface area (Å²) in [6.45, 7) is 2.34. The zero-order valence-corrected chi connectivity index (χ0v) is 11.4. The van der Waals surface area contributed by atoms with Gasteiger partial charge in [0.25, 0.3) is 0 Å². The summed E-state index contributed by atoms with van der Waals surface area (Å²) in [5, 5.41) is 5.88. The smallest absolute Gasteiger partial charge is 0.342 e. The second-order valence-electron chi connectivity index (χ2n) is 3.87. The SMILES string of the molecule is COC(=O)c1c(F)cccc1NCc1csc(C)n1. The second kappa shape index (κ2) is 5.79. The molecule has 2 rings (SSSR count). The molecule has 19 heavy (non-hydrogen) atoms. The van der Waals surface area contributed by atoms with E-state index in [2.05, 4.69) is 15.0 Å². The molecule has 100 valence electrons. The number of thiazole rings is 1. The summed E-state index contributed by atoms with van der Waals surface area (Å²) in [6, 6.07) is 4.40. The number of benzene rings is 1. The highest BCUT2D eigenvalue weighted by atomic mass is 32.1. The summed E-state index contributed by atoms with van der Waals surface area (Å²) in [7, 11) is 1.22. The largest absolute Gasteiger partial charge is 0.465 e. The van der Waals surface area contributed by atoms with E-state index >= 15 is 0 Å². The Balaban J connectivity index is 2.20. The molecule has 1 heterocycles. The fourth-order valence-corrected chi connectivity index (χ4v) is 2.27. The van der Waals surface area contributed by atoms with Crippen LogP contribution in [0.2, 0.25) is 0 Å². The van der Waals surface area contributed by atoms with E-state index in [1.54, 1.807) is 17.4 Å². The molecule has 4 nitrogen and oxygen atoms in total. The first-order chi connectivity index (χ1) is 9.11. The van der Waals surface area contributed by atoms with Crippen molar-refractivity contribution in [1.29, 1.82) is 0 Å². The Morgan fingerprint density at radius 1 is 1.53 bits per heavy atom. The maximum Gasteiger partial charge on any atom is 0.342 e. The summed E-state index contributed by atoms with van der Waals surface area (Å²) in [5.41, 5.74) is 1.16. The maximum atomic E-state index is 13.7. The molecule has 0 aliphatic rings. The molecule has 1 N–H and O–H groups in total. The van der Waals surface area contributed by atoms with Gasteiger partial charge in [-0.15, -0.1) is 11.3 Å². The number of hydrogen-bond donors (Lipinski definition) is 1. The number of halogens is 1. The number of anilines is 1. The first-order valence-corrected chi connectivity index (χ1v) is 6.51. The number of esters is 1. The molecule has 0 amide bonds. The number of hydrogen-bond acceptors (Lipinski definition) is 5. The summed E-state index contributed by atoms with van der Waals surface area (Å²) in [5.74, 6) is -1.30. The highest BCUT2D eigenvalue weighted by Gasteiger charge is 2.17. The van der Waals surface area contributed by atoms with Gasteiger partial charge < -0.3 is 10.1 Å². The minimum atomic E-state index is -0.699. The van der Waals surface area contributed by atoms with Gasteiger partial charge in [-0.3, -0.25) is 0 Å². The predicted octanol–water partition coefficient (Wildman–Crippen LogP) is 2.99. The Morgan fingerprint density at radius 2 is 2.32 bits per heavy atom. The topological polar surface area (TPSA) is 51.2 Å². The van der Waals surface area contributed by atoms with Crippen molar-refractivity contribution in [2.24, 2.45) is 0 Å². The number of carbonyl (C=O) groups excluding carboxylic acids is 1. The van der Waals surface area contributed by atoms with E-state index in [4.69, 9.17) is 0 Å². The first kappa shape index (κ1) is 13.5. The average Bonchev–Trinajstić information content (AvgIpc) is 2.81. The van der Waals surface area contributed by atoms with E-state index < -0.39 is 11.8 Å². The van der Waals surface area contributed by atoms with E-state index in [1.807, 2.05) is 12.3 Å². The van der Waals surface area contributed by atoms with Gasteiger partial charge in [0.2, 0.25) is 0 Å². The van der Waals surface area contributed by atoms with E-state index in [-0.39, 0.29) is 5.56 Å². The van der Waals surface area contributed by atoms with Gasteiger partial charge in [0.1, 0.15) is 11.4 Å². The average molecular weight is 280 g/mol. The van der Waals surface area contributed by atoms with Crippen LogP contribution in [0.5, 0.6) is 0 Å². The lowest BCUT2D eigenvalue weighted by Gasteiger charge is -2.10. The van der Waals surface area contributed by atoms with Crippen LogP contribution in [0.25, 0.3) is 0 Å². The van der Waals surface area contributed by atoms with Crippen LogP contribution in [0, 0.1) is 12.7 Å². The molecule has 0 fully saturated rings. The normalized spacial score (nSPS) is 10.3. The van der Waals surface area contributed by atoms with Crippen LogP contribution in [-0.2, 0) is 11.3 Å². The number of nitrogens with one attached hydrogen (secondary N) is 1. The van der Waals surface area contributed by atoms with Crippen LogP contribution in [0.3, 0.4) is 0 Å². The summed E-state index contributed by atoms with van der Waals surface area (Å²) < 4.78 is 18.2. The zero-order chi connectivity index (χ0) is 13.8. The fraction of sp³-hybridized carbons (Fsp3) is 0.231. The van der Waals surface area contributed by atoms with Gasteiger partial charge >= 0.3 is 5.97 Å². The monoisotopic (exact) mass is 280 g/mol. The van der Waals surface area contributed by atoms with Crippen LogP contribution in [0.1, 0.15) is 21.1 Å². The van der Waals surface area contributed by atoms with Gasteiger partial charge in [-0.05, 0) is 19.1 Å². The molecule has 2 aromatic rings. The minimum Gasteiger partial charge on any atom is -0.465 e. The lowest BCUT2D eigenvalue weighted by Crippen LogP contribution is -2.10. The summed E-state index contributed by atoms with van der Waals surface area (Å²) >= 11 is 1.54. The Hall–Kier alpha value is -1.95. The molecule has 0 unspecified atom stereocenters. The fourth-order valence-electron chi connectivity index (χ4n) is 1.66. The third-order valence-corrected chi connectivity index (χ3v) is 3.35. The zero-order valence-electron chi connectivity index (χ0n) is 10.6. The Kier molecular flexibility index (Phi) is 4.11. The first-order valence-electron chi connectivity index (χ1n) is 5.63. The van der Waals surface area contributed by atoms with E-state index in [0.717, 1.165) is 10.7 Å². The van der Waals surface area contributed by atoms with Crippen molar-refractivity contribution in [3.05, 3.63) is 45.7 Å². The molecule has 0 radical (unpaired) electrons. The molecule has 0 saturated carbocycles. The van der Waals surface area contributed by atoms with Crippen molar-refractivity contribution >= 4 is 23.0 Å². The number of carbonyl (C=O) groups is 1. The van der Waals surface area contributed by atoms with Crippen molar-refractivity contribution in [2.45, 2.75) is 13.5 Å². The van der Waals surface area contributed by atoms with Gasteiger partial charge in [0.15, 0.2) is 0 Å². The molecule has 0 saturated heterocycles. The highest BCUT2D eigenvalue weighted by molar-refractivity contribution is 7.09. The molecule has 1 aromatic heterocycles. The summed E-state index contributed by atoms with van der Waals surface area (Å²) in [6.07, 6.45) is 0. The third kappa shape index (κ3) is 3.08. The van der Waals surface area contributed by atoms with E-state index in [9.17, 15) is 9.18 Å². The molecular weight excluding hydrogens is 267 g/mol. The highest BCUT2D eigenvalue weighted by Crippen LogP contribution is 2.21. The van der Waals surface area contributed by atoms with Crippen molar-refractivity contribution in [2.75, 3.05) is 12.4 Å². The van der Waals surface area contributed by atoms with E-state index in [1.165, 1.54) is 19.2 Å². The lowest BCUT2D eigenvalue weighted by molar-refractivity contribution is 0.0596.